The minimum absolute atomic E-state index is 0.0118. The quantitative estimate of drug-likeness (QED) is 0.568. The molecule has 10 nitrogen and oxygen atoms in total. The van der Waals surface area contributed by atoms with E-state index in [0.717, 1.165) is 6.42 Å². The van der Waals surface area contributed by atoms with Gasteiger partial charge >= 0.3 is 0 Å². The molecule has 3 rings (SSSR count). The zero-order valence-electron chi connectivity index (χ0n) is 15.1. The number of nitrogens with one attached hydrogen (secondary N) is 2. The SMILES string of the molecule is CCCNC(=O)CN1CCN(C(=O)c2n[nH]c3ccc([N+](=O)[O-])cc23)CC1. The van der Waals surface area contributed by atoms with Crippen LogP contribution in [0.15, 0.2) is 18.2 Å². The largest absolute Gasteiger partial charge is 0.355 e. The van der Waals surface area contributed by atoms with Crippen molar-refractivity contribution in [1.29, 1.82) is 0 Å². The Bertz CT molecular complexity index is 856. The Kier molecular flexibility index (Phi) is 5.65. The van der Waals surface area contributed by atoms with Crippen LogP contribution in [0.25, 0.3) is 10.9 Å². The zero-order valence-corrected chi connectivity index (χ0v) is 15.1. The highest BCUT2D eigenvalue weighted by Gasteiger charge is 2.26. The first-order valence-electron chi connectivity index (χ1n) is 8.90. The number of aromatic amines is 1. The number of hydrogen-bond donors (Lipinski definition) is 2. The third kappa shape index (κ3) is 4.22. The van der Waals surface area contributed by atoms with E-state index in [1.54, 1.807) is 11.0 Å². The molecule has 2 heterocycles. The molecular formula is C17H22N6O4. The molecule has 0 aliphatic carbocycles. The number of hydrogen-bond acceptors (Lipinski definition) is 6. The number of carbonyl (C=O) groups is 2. The van der Waals surface area contributed by atoms with Gasteiger partial charge in [-0.25, -0.2) is 0 Å². The summed E-state index contributed by atoms with van der Waals surface area (Å²) in [5.41, 5.74) is 0.680. The molecule has 27 heavy (non-hydrogen) atoms. The normalized spacial score (nSPS) is 15.1. The first kappa shape index (κ1) is 18.8. The zero-order chi connectivity index (χ0) is 19.4. The smallest absolute Gasteiger partial charge is 0.275 e. The van der Waals surface area contributed by atoms with Crippen LogP contribution in [-0.2, 0) is 4.79 Å². The third-order valence-corrected chi connectivity index (χ3v) is 4.56. The van der Waals surface area contributed by atoms with Crippen LogP contribution in [0.1, 0.15) is 23.8 Å². The average Bonchev–Trinajstić information content (AvgIpc) is 3.09. The molecule has 1 aliphatic rings. The van der Waals surface area contributed by atoms with E-state index in [1.807, 2.05) is 11.8 Å². The number of rotatable bonds is 6. The summed E-state index contributed by atoms with van der Waals surface area (Å²) < 4.78 is 0. The minimum Gasteiger partial charge on any atom is -0.355 e. The Morgan fingerprint density at radius 3 is 2.70 bits per heavy atom. The first-order chi connectivity index (χ1) is 13.0. The summed E-state index contributed by atoms with van der Waals surface area (Å²) in [6.45, 7) is 5.11. The number of nitrogens with zero attached hydrogens (tertiary/aromatic N) is 4. The molecule has 1 aromatic heterocycles. The van der Waals surface area contributed by atoms with Gasteiger partial charge in [0.2, 0.25) is 5.91 Å². The van der Waals surface area contributed by atoms with Crippen LogP contribution in [0.5, 0.6) is 0 Å². The average molecular weight is 374 g/mol. The maximum Gasteiger partial charge on any atom is 0.275 e. The Morgan fingerprint density at radius 1 is 1.30 bits per heavy atom. The standard InChI is InChI=1S/C17H22N6O4/c1-2-5-18-15(24)11-21-6-8-22(9-7-21)17(25)16-13-10-12(23(26)27)3-4-14(13)19-20-16/h3-4,10H,2,5-9,11H2,1H3,(H,18,24)(H,19,20). The van der Waals surface area contributed by atoms with E-state index in [1.165, 1.54) is 12.1 Å². The topological polar surface area (TPSA) is 124 Å². The first-order valence-corrected chi connectivity index (χ1v) is 8.90. The minimum atomic E-state index is -0.497. The Balaban J connectivity index is 1.64. The van der Waals surface area contributed by atoms with Crippen LogP contribution in [-0.4, -0.2) is 76.0 Å². The molecule has 1 fully saturated rings. The molecule has 144 valence electrons. The maximum atomic E-state index is 12.8. The summed E-state index contributed by atoms with van der Waals surface area (Å²) in [5, 5.41) is 21.1. The van der Waals surface area contributed by atoms with Crippen molar-refractivity contribution in [3.8, 4) is 0 Å². The predicted molar refractivity (Wildman–Crippen MR) is 98.4 cm³/mol. The van der Waals surface area contributed by atoms with E-state index < -0.39 is 4.92 Å². The van der Waals surface area contributed by atoms with Crippen LogP contribution in [0, 0.1) is 10.1 Å². The van der Waals surface area contributed by atoms with Crippen LogP contribution in [0.3, 0.4) is 0 Å². The number of nitro groups is 1. The second-order valence-corrected chi connectivity index (χ2v) is 6.48. The van der Waals surface area contributed by atoms with Gasteiger partial charge in [0.15, 0.2) is 5.69 Å². The fraction of sp³-hybridized carbons (Fsp3) is 0.471. The number of benzene rings is 1. The lowest BCUT2D eigenvalue weighted by Gasteiger charge is -2.34. The monoisotopic (exact) mass is 374 g/mol. The number of fused-ring (bicyclic) bond motifs is 1. The number of piperazine rings is 1. The van der Waals surface area contributed by atoms with E-state index in [0.29, 0.717) is 50.2 Å². The molecular weight excluding hydrogens is 352 g/mol. The van der Waals surface area contributed by atoms with Crippen LogP contribution in [0.4, 0.5) is 5.69 Å². The molecule has 0 bridgehead atoms. The van der Waals surface area contributed by atoms with E-state index in [4.69, 9.17) is 0 Å². The summed E-state index contributed by atoms with van der Waals surface area (Å²) in [6.07, 6.45) is 0.893. The van der Waals surface area contributed by atoms with Gasteiger partial charge in [-0.05, 0) is 12.5 Å². The van der Waals surface area contributed by atoms with Gasteiger partial charge in [0.1, 0.15) is 0 Å². The molecule has 2 aromatic rings. The van der Waals surface area contributed by atoms with Gasteiger partial charge in [-0.15, -0.1) is 0 Å². The van der Waals surface area contributed by atoms with Crippen molar-refractivity contribution < 1.29 is 14.5 Å². The van der Waals surface area contributed by atoms with Gasteiger partial charge in [0.05, 0.1) is 17.0 Å². The molecule has 0 spiro atoms. The highest BCUT2D eigenvalue weighted by molar-refractivity contribution is 6.05. The van der Waals surface area contributed by atoms with Gasteiger partial charge in [0.25, 0.3) is 11.6 Å². The van der Waals surface area contributed by atoms with Crippen LogP contribution >= 0.6 is 0 Å². The highest BCUT2D eigenvalue weighted by Crippen LogP contribution is 2.23. The van der Waals surface area contributed by atoms with Crippen molar-refractivity contribution in [2.45, 2.75) is 13.3 Å². The number of aromatic nitrogens is 2. The molecule has 2 N–H and O–H groups in total. The molecule has 10 heteroatoms. The molecule has 1 aliphatic heterocycles. The van der Waals surface area contributed by atoms with Gasteiger partial charge < -0.3 is 10.2 Å². The van der Waals surface area contributed by atoms with Gasteiger partial charge in [-0.1, -0.05) is 6.92 Å². The Labute approximate surface area is 155 Å². The van der Waals surface area contributed by atoms with Gasteiger partial charge in [-0.3, -0.25) is 29.7 Å². The summed E-state index contributed by atoms with van der Waals surface area (Å²) >= 11 is 0. The number of carbonyl (C=O) groups excluding carboxylic acids is 2. The summed E-state index contributed by atoms with van der Waals surface area (Å²) in [7, 11) is 0. The summed E-state index contributed by atoms with van der Waals surface area (Å²) in [5.74, 6) is -0.279. The second kappa shape index (κ2) is 8.12. The van der Waals surface area contributed by atoms with E-state index in [-0.39, 0.29) is 23.2 Å². The van der Waals surface area contributed by atoms with Crippen molar-refractivity contribution in [3.05, 3.63) is 34.0 Å². The lowest BCUT2D eigenvalue weighted by molar-refractivity contribution is -0.384. The molecule has 2 amide bonds. The lowest BCUT2D eigenvalue weighted by Crippen LogP contribution is -2.51. The number of non-ortho nitro benzene ring substituents is 1. The molecule has 0 radical (unpaired) electrons. The van der Waals surface area contributed by atoms with Gasteiger partial charge in [-0.2, -0.15) is 5.10 Å². The fourth-order valence-electron chi connectivity index (χ4n) is 3.06. The summed E-state index contributed by atoms with van der Waals surface area (Å²) in [4.78, 5) is 38.8. The van der Waals surface area contributed by atoms with Crippen molar-refractivity contribution >= 4 is 28.4 Å². The predicted octanol–water partition coefficient (Wildman–Crippen LogP) is 0.755. The number of nitro benzene ring substituents is 1. The lowest BCUT2D eigenvalue weighted by atomic mass is 10.1. The molecule has 0 saturated carbocycles. The number of amides is 2. The fourth-order valence-corrected chi connectivity index (χ4v) is 3.06. The molecule has 0 unspecified atom stereocenters. The van der Waals surface area contributed by atoms with Gasteiger partial charge in [0, 0.05) is 50.2 Å². The van der Waals surface area contributed by atoms with Crippen molar-refractivity contribution in [2.24, 2.45) is 0 Å². The Morgan fingerprint density at radius 2 is 2.04 bits per heavy atom. The van der Waals surface area contributed by atoms with Crippen molar-refractivity contribution in [3.63, 3.8) is 0 Å². The van der Waals surface area contributed by atoms with Crippen molar-refractivity contribution in [2.75, 3.05) is 39.3 Å². The number of H-pyrrole nitrogens is 1. The van der Waals surface area contributed by atoms with E-state index in [2.05, 4.69) is 15.5 Å². The summed E-state index contributed by atoms with van der Waals surface area (Å²) in [6, 6.07) is 4.28. The second-order valence-electron chi connectivity index (χ2n) is 6.48. The maximum absolute atomic E-state index is 12.8. The highest BCUT2D eigenvalue weighted by atomic mass is 16.6. The van der Waals surface area contributed by atoms with Crippen LogP contribution in [0.2, 0.25) is 0 Å². The third-order valence-electron chi connectivity index (χ3n) is 4.56. The van der Waals surface area contributed by atoms with E-state index in [9.17, 15) is 19.7 Å². The van der Waals surface area contributed by atoms with E-state index >= 15 is 0 Å². The molecule has 1 aromatic carbocycles. The molecule has 0 atom stereocenters. The Hall–Kier alpha value is -3.01. The molecule has 1 saturated heterocycles. The van der Waals surface area contributed by atoms with Crippen LogP contribution < -0.4 is 5.32 Å². The van der Waals surface area contributed by atoms with Crippen molar-refractivity contribution in [1.82, 2.24) is 25.3 Å².